The van der Waals surface area contributed by atoms with Gasteiger partial charge in [0.2, 0.25) is 0 Å². The van der Waals surface area contributed by atoms with Gasteiger partial charge in [-0.3, -0.25) is 0 Å². The molecular weight excluding hydrogens is 833 g/mol. The minimum atomic E-state index is -0.493. The third-order valence-electron chi connectivity index (χ3n) is 14.3. The molecule has 1 aromatic heterocycles. The molecule has 0 radical (unpaired) electrons. The molecular formula is C67H46N2. The number of para-hydroxylation sites is 1. The summed E-state index contributed by atoms with van der Waals surface area (Å²) in [5.74, 6) is 0. The van der Waals surface area contributed by atoms with Crippen LogP contribution in [0.25, 0.3) is 72.0 Å². The lowest BCUT2D eigenvalue weighted by Crippen LogP contribution is -2.28. The van der Waals surface area contributed by atoms with Gasteiger partial charge in [0.25, 0.3) is 0 Å². The summed E-state index contributed by atoms with van der Waals surface area (Å²) in [6, 6.07) is 102. The zero-order valence-corrected chi connectivity index (χ0v) is 38.0. The Bertz CT molecular complexity index is 3650. The number of anilines is 3. The molecule has 1 heterocycles. The summed E-state index contributed by atoms with van der Waals surface area (Å²) in [6.45, 7) is 0. The van der Waals surface area contributed by atoms with Crippen molar-refractivity contribution in [1.29, 1.82) is 0 Å². The molecule has 0 saturated carbocycles. The van der Waals surface area contributed by atoms with E-state index in [0.717, 1.165) is 28.3 Å². The van der Waals surface area contributed by atoms with Crippen LogP contribution in [0.15, 0.2) is 279 Å². The number of nitrogens with zero attached hydrogens (tertiary/aromatic N) is 2. The normalized spacial score (nSPS) is 12.5. The fourth-order valence-electron chi connectivity index (χ4n) is 11.1. The van der Waals surface area contributed by atoms with Crippen LogP contribution >= 0.6 is 0 Å². The van der Waals surface area contributed by atoms with E-state index in [1.54, 1.807) is 0 Å². The molecule has 2 nitrogen and oxygen atoms in total. The van der Waals surface area contributed by atoms with Crippen molar-refractivity contribution in [2.45, 2.75) is 5.41 Å². The average molecular weight is 879 g/mol. The maximum atomic E-state index is 2.49. The van der Waals surface area contributed by atoms with Gasteiger partial charge >= 0.3 is 0 Å². The fraction of sp³-hybridized carbons (Fsp3) is 0.0149. The molecule has 0 spiro atoms. The van der Waals surface area contributed by atoms with Gasteiger partial charge in [0.05, 0.1) is 16.4 Å². The molecule has 1 aliphatic carbocycles. The number of hydrogen-bond acceptors (Lipinski definition) is 1. The Hall–Kier alpha value is -8.98. The summed E-state index contributed by atoms with van der Waals surface area (Å²) in [4.78, 5) is 2.35. The Morgan fingerprint density at radius 2 is 0.652 bits per heavy atom. The Labute approximate surface area is 403 Å². The lowest BCUT2D eigenvalue weighted by Gasteiger charge is -2.34. The van der Waals surface area contributed by atoms with Gasteiger partial charge in [0, 0.05) is 33.5 Å². The van der Waals surface area contributed by atoms with Crippen LogP contribution in [0.5, 0.6) is 0 Å². The highest BCUT2D eigenvalue weighted by atomic mass is 15.1. The molecule has 0 atom stereocenters. The molecule has 13 rings (SSSR count). The average Bonchev–Trinajstić information content (AvgIpc) is 3.92. The van der Waals surface area contributed by atoms with Gasteiger partial charge < -0.3 is 9.47 Å². The maximum absolute atomic E-state index is 2.49. The summed E-state index contributed by atoms with van der Waals surface area (Å²) in [6.07, 6.45) is 0. The molecule has 0 N–H and O–H groups in total. The number of fused-ring (bicyclic) bond motifs is 6. The number of hydrogen-bond donors (Lipinski definition) is 0. The van der Waals surface area contributed by atoms with Crippen LogP contribution in [0.1, 0.15) is 22.3 Å². The van der Waals surface area contributed by atoms with Crippen molar-refractivity contribution in [1.82, 2.24) is 4.57 Å². The quantitative estimate of drug-likeness (QED) is 0.140. The summed E-state index contributed by atoms with van der Waals surface area (Å²) >= 11 is 0. The van der Waals surface area contributed by atoms with Crippen LogP contribution in [0, 0.1) is 0 Å². The van der Waals surface area contributed by atoms with Crippen LogP contribution in [0.3, 0.4) is 0 Å². The van der Waals surface area contributed by atoms with Crippen LogP contribution in [-0.2, 0) is 5.41 Å². The number of rotatable bonds is 9. The van der Waals surface area contributed by atoms with Crippen LogP contribution in [0.2, 0.25) is 0 Å². The summed E-state index contributed by atoms with van der Waals surface area (Å²) in [5.41, 5.74) is 21.2. The first-order valence-corrected chi connectivity index (χ1v) is 23.8. The van der Waals surface area contributed by atoms with E-state index < -0.39 is 5.41 Å². The van der Waals surface area contributed by atoms with Crippen LogP contribution in [-0.4, -0.2) is 4.57 Å². The second-order valence-corrected chi connectivity index (χ2v) is 18.1. The van der Waals surface area contributed by atoms with Crippen molar-refractivity contribution in [2.75, 3.05) is 4.90 Å². The van der Waals surface area contributed by atoms with Gasteiger partial charge in [-0.25, -0.2) is 0 Å². The van der Waals surface area contributed by atoms with E-state index in [0.29, 0.717) is 0 Å². The highest BCUT2D eigenvalue weighted by Gasteiger charge is 2.46. The third kappa shape index (κ3) is 6.72. The van der Waals surface area contributed by atoms with Crippen molar-refractivity contribution >= 4 is 38.9 Å². The zero-order chi connectivity index (χ0) is 45.7. The zero-order valence-electron chi connectivity index (χ0n) is 38.0. The summed E-state index contributed by atoms with van der Waals surface area (Å²) in [5, 5.41) is 2.45. The first-order valence-electron chi connectivity index (χ1n) is 23.8. The summed E-state index contributed by atoms with van der Waals surface area (Å²) < 4.78 is 2.43. The van der Waals surface area contributed by atoms with Crippen molar-refractivity contribution in [3.8, 4) is 50.2 Å². The van der Waals surface area contributed by atoms with Gasteiger partial charge in [0.15, 0.2) is 0 Å². The Morgan fingerprint density at radius 1 is 0.275 bits per heavy atom. The predicted octanol–water partition coefficient (Wildman–Crippen LogP) is 17.6. The second kappa shape index (κ2) is 16.7. The maximum Gasteiger partial charge on any atom is 0.0713 e. The topological polar surface area (TPSA) is 8.17 Å². The van der Waals surface area contributed by atoms with E-state index in [4.69, 9.17) is 0 Å². The van der Waals surface area contributed by atoms with E-state index in [-0.39, 0.29) is 0 Å². The molecule has 0 unspecified atom stereocenters. The minimum Gasteiger partial charge on any atom is -0.311 e. The van der Waals surface area contributed by atoms with E-state index in [1.165, 1.54) is 83.0 Å². The fourth-order valence-corrected chi connectivity index (χ4v) is 11.1. The lowest BCUT2D eigenvalue weighted by atomic mass is 9.67. The number of aromatic nitrogens is 1. The van der Waals surface area contributed by atoms with Gasteiger partial charge in [-0.15, -0.1) is 0 Å². The van der Waals surface area contributed by atoms with Gasteiger partial charge in [-0.1, -0.05) is 206 Å². The molecule has 2 heteroatoms. The van der Waals surface area contributed by atoms with Crippen molar-refractivity contribution in [2.24, 2.45) is 0 Å². The molecule has 0 saturated heterocycles. The first kappa shape index (κ1) is 40.3. The predicted molar refractivity (Wildman–Crippen MR) is 289 cm³/mol. The molecule has 0 bridgehead atoms. The molecule has 11 aromatic carbocycles. The largest absolute Gasteiger partial charge is 0.311 e. The molecule has 12 aromatic rings. The number of benzene rings is 11. The Morgan fingerprint density at radius 3 is 1.16 bits per heavy atom. The Balaban J connectivity index is 0.948. The van der Waals surface area contributed by atoms with Crippen molar-refractivity contribution in [3.05, 3.63) is 301 Å². The third-order valence-corrected chi connectivity index (χ3v) is 14.3. The van der Waals surface area contributed by atoms with E-state index in [1.807, 2.05) is 0 Å². The second-order valence-electron chi connectivity index (χ2n) is 18.1. The van der Waals surface area contributed by atoms with Crippen LogP contribution in [0.4, 0.5) is 17.1 Å². The van der Waals surface area contributed by atoms with Gasteiger partial charge in [-0.2, -0.15) is 0 Å². The van der Waals surface area contributed by atoms with E-state index in [9.17, 15) is 0 Å². The van der Waals surface area contributed by atoms with Gasteiger partial charge in [-0.05, 0) is 140 Å². The minimum absolute atomic E-state index is 0.493. The SMILES string of the molecule is c1ccc(-c2ccc(N(c3ccc(-c4ccccc4)cc3)c3ccc(-c4ccc5c(c4)c4cc(C6(c7ccccc7)c7ccccc7-c7ccccc76)ccc4n5-c4ccccc4)cc3)cc2)cc1. The molecule has 1 aliphatic rings. The summed E-state index contributed by atoms with van der Waals surface area (Å²) in [7, 11) is 0. The molecule has 0 fully saturated rings. The highest BCUT2D eigenvalue weighted by molar-refractivity contribution is 6.11. The first-order chi connectivity index (χ1) is 34.2. The van der Waals surface area contributed by atoms with Crippen molar-refractivity contribution in [3.63, 3.8) is 0 Å². The molecule has 324 valence electrons. The van der Waals surface area contributed by atoms with Gasteiger partial charge in [0.1, 0.15) is 0 Å². The monoisotopic (exact) mass is 878 g/mol. The van der Waals surface area contributed by atoms with E-state index >= 15 is 0 Å². The Kier molecular flexibility index (Phi) is 9.77. The standard InChI is InChI=1S/C67H46N2/c1-5-17-47(18-6-1)49-29-37-56(38-30-49)68(57-39-31-50(32-40-57)48-19-7-2-8-20-48)58-41-33-51(34-42-58)52-35-43-65-61(45-52)62-46-54(36-44-66(62)69(65)55-23-11-4-12-24-55)67(53-21-9-3-10-22-53)63-27-15-13-25-59(63)60-26-14-16-28-64(60)67/h1-46H. The van der Waals surface area contributed by atoms with E-state index in [2.05, 4.69) is 289 Å². The van der Waals surface area contributed by atoms with Crippen molar-refractivity contribution < 1.29 is 0 Å². The highest BCUT2D eigenvalue weighted by Crippen LogP contribution is 2.56. The van der Waals surface area contributed by atoms with Crippen LogP contribution < -0.4 is 4.90 Å². The molecule has 69 heavy (non-hydrogen) atoms. The molecule has 0 aliphatic heterocycles. The molecule has 0 amide bonds. The lowest BCUT2D eigenvalue weighted by molar-refractivity contribution is 0.770. The smallest absolute Gasteiger partial charge is 0.0713 e.